The molecule has 0 aliphatic carbocycles. The SMILES string of the molecule is CC(C)C.CC(C)CCN(CC(O)CCc1ccccc1)SNC(C)(C)C.NCC(N)=O. The zero-order valence-corrected chi connectivity index (χ0v) is 22.5. The highest BCUT2D eigenvalue weighted by atomic mass is 32.2. The molecule has 6 N–H and O–H groups in total. The first-order valence-corrected chi connectivity index (χ1v) is 12.4. The second-order valence-corrected chi connectivity index (χ2v) is 11.0. The number of nitrogens with zero attached hydrogens (tertiary/aromatic N) is 1. The molecule has 1 amide bonds. The lowest BCUT2D eigenvalue weighted by atomic mass is 10.1. The van der Waals surface area contributed by atoms with E-state index in [1.54, 1.807) is 12.1 Å². The second-order valence-electron chi connectivity index (χ2n) is 10.1. The molecule has 0 aliphatic rings. The summed E-state index contributed by atoms with van der Waals surface area (Å²) in [5, 5.41) is 10.4. The molecule has 0 fully saturated rings. The average Bonchev–Trinajstić information content (AvgIpc) is 2.68. The second kappa shape index (κ2) is 19.4. The van der Waals surface area contributed by atoms with Gasteiger partial charge in [0.05, 0.1) is 12.6 Å². The molecule has 0 aliphatic heterocycles. The van der Waals surface area contributed by atoms with Crippen molar-refractivity contribution in [1.82, 2.24) is 9.03 Å². The fourth-order valence-corrected chi connectivity index (χ4v) is 2.93. The third-order valence-electron chi connectivity index (χ3n) is 3.66. The summed E-state index contributed by atoms with van der Waals surface area (Å²) < 4.78 is 5.72. The Hall–Kier alpha value is -1.12. The van der Waals surface area contributed by atoms with Crippen LogP contribution >= 0.6 is 12.1 Å². The van der Waals surface area contributed by atoms with Gasteiger partial charge in [-0.15, -0.1) is 0 Å². The number of nitrogens with two attached hydrogens (primary N) is 2. The van der Waals surface area contributed by atoms with Crippen molar-refractivity contribution in [3.63, 3.8) is 0 Å². The molecule has 0 radical (unpaired) electrons. The van der Waals surface area contributed by atoms with Crippen molar-refractivity contribution in [2.24, 2.45) is 23.3 Å². The Balaban J connectivity index is 0. The van der Waals surface area contributed by atoms with E-state index in [2.05, 4.69) is 94.4 Å². The van der Waals surface area contributed by atoms with Crippen molar-refractivity contribution in [3.8, 4) is 0 Å². The van der Waals surface area contributed by atoms with E-state index < -0.39 is 5.91 Å². The van der Waals surface area contributed by atoms with Crippen LogP contribution < -0.4 is 16.2 Å². The zero-order valence-electron chi connectivity index (χ0n) is 21.7. The minimum Gasteiger partial charge on any atom is -0.392 e. The third-order valence-corrected chi connectivity index (χ3v) is 4.95. The molecule has 0 saturated carbocycles. The van der Waals surface area contributed by atoms with E-state index in [9.17, 15) is 9.90 Å². The lowest BCUT2D eigenvalue weighted by Crippen LogP contribution is -2.37. The molecular formula is C25H50N4O2S. The molecule has 32 heavy (non-hydrogen) atoms. The maximum atomic E-state index is 10.4. The summed E-state index contributed by atoms with van der Waals surface area (Å²) >= 11 is 1.64. The van der Waals surface area contributed by atoms with E-state index in [-0.39, 0.29) is 18.2 Å². The predicted molar refractivity (Wildman–Crippen MR) is 141 cm³/mol. The Morgan fingerprint density at radius 3 is 2.00 bits per heavy atom. The summed E-state index contributed by atoms with van der Waals surface area (Å²) in [6.45, 7) is 19.1. The highest BCUT2D eigenvalue weighted by molar-refractivity contribution is 7.95. The predicted octanol–water partition coefficient (Wildman–Crippen LogP) is 4.37. The maximum absolute atomic E-state index is 10.4. The molecule has 1 aromatic rings. The first kappa shape index (κ1) is 33.1. The highest BCUT2D eigenvalue weighted by Gasteiger charge is 2.17. The van der Waals surface area contributed by atoms with Crippen LogP contribution in [-0.4, -0.2) is 46.6 Å². The summed E-state index contributed by atoms with van der Waals surface area (Å²) in [6.07, 6.45) is 2.58. The summed E-state index contributed by atoms with van der Waals surface area (Å²) in [7, 11) is 0. The fourth-order valence-electron chi connectivity index (χ4n) is 2.08. The summed E-state index contributed by atoms with van der Waals surface area (Å²) in [6, 6.07) is 10.4. The van der Waals surface area contributed by atoms with Gasteiger partial charge in [-0.2, -0.15) is 0 Å². The number of aryl methyl sites for hydroxylation is 1. The first-order chi connectivity index (χ1) is 14.8. The Bertz CT molecular complexity index is 560. The summed E-state index contributed by atoms with van der Waals surface area (Å²) in [5.41, 5.74) is 10.6. The van der Waals surface area contributed by atoms with Gasteiger partial charge in [-0.3, -0.25) is 4.79 Å². The van der Waals surface area contributed by atoms with Gasteiger partial charge in [-0.1, -0.05) is 65.0 Å². The smallest absolute Gasteiger partial charge is 0.231 e. The number of hydrogen-bond acceptors (Lipinski definition) is 6. The van der Waals surface area contributed by atoms with Gasteiger partial charge in [0.1, 0.15) is 0 Å². The van der Waals surface area contributed by atoms with Crippen LogP contribution in [0.1, 0.15) is 73.8 Å². The van der Waals surface area contributed by atoms with E-state index in [1.807, 2.05) is 6.07 Å². The van der Waals surface area contributed by atoms with Gasteiger partial charge in [0.15, 0.2) is 0 Å². The molecule has 1 unspecified atom stereocenters. The quantitative estimate of drug-likeness (QED) is 0.358. The lowest BCUT2D eigenvalue weighted by molar-refractivity contribution is -0.116. The molecule has 0 heterocycles. The van der Waals surface area contributed by atoms with E-state index in [0.717, 1.165) is 31.7 Å². The standard InChI is InChI=1S/C19H34N2OS.C4H10.C2H6N2O/c1-16(2)13-14-21(23-20-19(3,4)5)15-18(22)12-11-17-9-7-6-8-10-17;1-4(2)3;3-1-2(4)5/h6-10,16,18,20,22H,11-15H2,1-5H3;4H,1-3H3;1,3H2,(H2,4,5). The van der Waals surface area contributed by atoms with Crippen molar-refractivity contribution < 1.29 is 9.90 Å². The zero-order chi connectivity index (χ0) is 25.2. The van der Waals surface area contributed by atoms with Crippen molar-refractivity contribution in [3.05, 3.63) is 35.9 Å². The molecule has 0 saturated heterocycles. The van der Waals surface area contributed by atoms with Crippen LogP contribution in [0.4, 0.5) is 0 Å². The number of aliphatic hydroxyl groups is 1. The van der Waals surface area contributed by atoms with E-state index in [1.165, 1.54) is 5.56 Å². The Morgan fingerprint density at radius 2 is 1.59 bits per heavy atom. The normalized spacial score (nSPS) is 12.2. The molecule has 188 valence electrons. The van der Waals surface area contributed by atoms with Gasteiger partial charge in [-0.25, -0.2) is 9.03 Å². The number of nitrogens with one attached hydrogen (secondary N) is 1. The molecule has 1 atom stereocenters. The molecule has 0 bridgehead atoms. The number of benzene rings is 1. The minimum absolute atomic E-state index is 0.0556. The topological polar surface area (TPSA) is 105 Å². The fraction of sp³-hybridized carbons (Fsp3) is 0.720. The number of primary amides is 1. The molecular weight excluding hydrogens is 420 g/mol. The van der Waals surface area contributed by atoms with Crippen LogP contribution in [0.25, 0.3) is 0 Å². The van der Waals surface area contributed by atoms with Crippen molar-refractivity contribution >= 4 is 18.0 Å². The summed E-state index contributed by atoms with van der Waals surface area (Å²) in [5.74, 6) is 1.04. The monoisotopic (exact) mass is 470 g/mol. The van der Waals surface area contributed by atoms with Gasteiger partial charge >= 0.3 is 0 Å². The molecule has 0 aromatic heterocycles. The van der Waals surface area contributed by atoms with Crippen LogP contribution in [-0.2, 0) is 11.2 Å². The Kier molecular flexibility index (Phi) is 20.0. The van der Waals surface area contributed by atoms with Gasteiger partial charge in [0, 0.05) is 30.8 Å². The van der Waals surface area contributed by atoms with Crippen molar-refractivity contribution in [1.29, 1.82) is 0 Å². The number of rotatable bonds is 11. The van der Waals surface area contributed by atoms with E-state index in [0.29, 0.717) is 12.5 Å². The molecule has 1 aromatic carbocycles. The highest BCUT2D eigenvalue weighted by Crippen LogP contribution is 2.16. The molecule has 1 rings (SSSR count). The van der Waals surface area contributed by atoms with Crippen molar-refractivity contribution in [2.75, 3.05) is 19.6 Å². The Labute approximate surface area is 202 Å². The number of carbonyl (C=O) groups is 1. The number of hydrogen-bond donors (Lipinski definition) is 4. The largest absolute Gasteiger partial charge is 0.392 e. The van der Waals surface area contributed by atoms with Gasteiger partial charge < -0.3 is 16.6 Å². The van der Waals surface area contributed by atoms with Crippen LogP contribution in [0.5, 0.6) is 0 Å². The van der Waals surface area contributed by atoms with Crippen molar-refractivity contribution in [2.45, 2.75) is 86.3 Å². The van der Waals surface area contributed by atoms with Crippen LogP contribution in [0, 0.1) is 11.8 Å². The van der Waals surface area contributed by atoms with E-state index in [4.69, 9.17) is 5.73 Å². The minimum atomic E-state index is -0.468. The van der Waals surface area contributed by atoms with Crippen LogP contribution in [0.2, 0.25) is 0 Å². The number of aliphatic hydroxyl groups excluding tert-OH is 1. The number of carbonyl (C=O) groups excluding carboxylic acids is 1. The number of amides is 1. The summed E-state index contributed by atoms with van der Waals surface area (Å²) in [4.78, 5) is 9.47. The van der Waals surface area contributed by atoms with Gasteiger partial charge in [-0.05, 0) is 57.4 Å². The van der Waals surface area contributed by atoms with Crippen LogP contribution in [0.3, 0.4) is 0 Å². The Morgan fingerprint density at radius 1 is 1.09 bits per heavy atom. The molecule has 0 spiro atoms. The van der Waals surface area contributed by atoms with E-state index >= 15 is 0 Å². The first-order valence-electron chi connectivity index (χ1n) is 11.7. The molecule has 6 nitrogen and oxygen atoms in total. The maximum Gasteiger partial charge on any atom is 0.231 e. The lowest BCUT2D eigenvalue weighted by Gasteiger charge is -2.28. The third kappa shape index (κ3) is 26.9. The average molecular weight is 471 g/mol. The van der Waals surface area contributed by atoms with Crippen LogP contribution in [0.15, 0.2) is 30.3 Å². The van der Waals surface area contributed by atoms with Gasteiger partial charge in [0.25, 0.3) is 0 Å². The van der Waals surface area contributed by atoms with Gasteiger partial charge in [0.2, 0.25) is 5.91 Å². The molecule has 7 heteroatoms.